The minimum absolute atomic E-state index is 0.176. The number of fused-ring (bicyclic) bond motifs is 1. The molecule has 3 atom stereocenters. The lowest BCUT2D eigenvalue weighted by molar-refractivity contribution is 0.0683. The van der Waals surface area contributed by atoms with Crippen LogP contribution < -0.4 is 0 Å². The smallest absolute Gasteiger partial charge is 0.134 e. The van der Waals surface area contributed by atoms with E-state index in [0.29, 0.717) is 12.5 Å². The fraction of sp³-hybridized carbons (Fsp3) is 1.00. The van der Waals surface area contributed by atoms with E-state index >= 15 is 0 Å². The Morgan fingerprint density at radius 1 is 1.31 bits per heavy atom. The first kappa shape index (κ1) is 11.8. The predicted octanol–water partition coefficient (Wildman–Crippen LogP) is 3.51. The zero-order valence-electron chi connectivity index (χ0n) is 10.5. The summed E-state index contributed by atoms with van der Waals surface area (Å²) >= 11 is 0. The van der Waals surface area contributed by atoms with Gasteiger partial charge in [-0.1, -0.05) is 24.5 Å². The van der Waals surface area contributed by atoms with Crippen molar-refractivity contribution in [2.24, 2.45) is 10.3 Å². The Morgan fingerprint density at radius 3 is 2.75 bits per heavy atom. The van der Waals surface area contributed by atoms with Gasteiger partial charge in [-0.15, -0.1) is 0 Å². The summed E-state index contributed by atoms with van der Waals surface area (Å²) in [4.78, 5) is 0. The standard InChI is InChI=1S/C12H22FN3/c1-9(2)16-10-7-5-4-6-8-12(3,13)11(10)14-15-16/h9-11H,4-8H2,1-3H3. The van der Waals surface area contributed by atoms with Gasteiger partial charge in [0.25, 0.3) is 0 Å². The van der Waals surface area contributed by atoms with E-state index in [0.717, 1.165) is 19.3 Å². The highest BCUT2D eigenvalue weighted by Gasteiger charge is 2.46. The molecule has 3 unspecified atom stereocenters. The summed E-state index contributed by atoms with van der Waals surface area (Å²) in [5.74, 6) is 0. The van der Waals surface area contributed by atoms with Gasteiger partial charge in [0, 0.05) is 6.04 Å². The molecule has 3 nitrogen and oxygen atoms in total. The van der Waals surface area contributed by atoms with Crippen LogP contribution in [-0.4, -0.2) is 28.8 Å². The van der Waals surface area contributed by atoms with Gasteiger partial charge in [0.1, 0.15) is 11.7 Å². The first-order valence-corrected chi connectivity index (χ1v) is 6.40. The first-order chi connectivity index (χ1) is 7.52. The minimum Gasteiger partial charge on any atom is -0.271 e. The fourth-order valence-corrected chi connectivity index (χ4v) is 2.85. The third-order valence-corrected chi connectivity index (χ3v) is 3.79. The normalized spacial score (nSPS) is 39.7. The largest absolute Gasteiger partial charge is 0.271 e. The van der Waals surface area contributed by atoms with Gasteiger partial charge >= 0.3 is 0 Å². The van der Waals surface area contributed by atoms with E-state index in [-0.39, 0.29) is 12.1 Å². The highest BCUT2D eigenvalue weighted by Crippen LogP contribution is 2.38. The van der Waals surface area contributed by atoms with Crippen molar-refractivity contribution < 1.29 is 4.39 Å². The molecule has 1 aliphatic carbocycles. The maximum Gasteiger partial charge on any atom is 0.134 e. The van der Waals surface area contributed by atoms with Crippen LogP contribution in [0.1, 0.15) is 52.9 Å². The molecule has 0 spiro atoms. The highest BCUT2D eigenvalue weighted by atomic mass is 19.1. The molecule has 0 aromatic carbocycles. The lowest BCUT2D eigenvalue weighted by atomic mass is 9.83. The molecule has 1 heterocycles. The second kappa shape index (κ2) is 4.30. The van der Waals surface area contributed by atoms with Crippen LogP contribution in [0.2, 0.25) is 0 Å². The van der Waals surface area contributed by atoms with E-state index < -0.39 is 5.67 Å². The van der Waals surface area contributed by atoms with Crippen LogP contribution in [0, 0.1) is 0 Å². The van der Waals surface area contributed by atoms with Gasteiger partial charge in [0.05, 0.1) is 6.04 Å². The van der Waals surface area contributed by atoms with Crippen LogP contribution >= 0.6 is 0 Å². The molecule has 0 aromatic heterocycles. The zero-order valence-corrected chi connectivity index (χ0v) is 10.5. The second-order valence-electron chi connectivity index (χ2n) is 5.57. The Hall–Kier alpha value is -0.670. The molecule has 4 heteroatoms. The van der Waals surface area contributed by atoms with Gasteiger partial charge in [0.15, 0.2) is 0 Å². The summed E-state index contributed by atoms with van der Waals surface area (Å²) in [5, 5.41) is 10.4. The molecule has 1 fully saturated rings. The molecular formula is C12H22FN3. The van der Waals surface area contributed by atoms with Crippen molar-refractivity contribution in [3.8, 4) is 0 Å². The SMILES string of the molecule is CC(C)N1N=NC2C1CCCCCC2(C)F. The lowest BCUT2D eigenvalue weighted by Crippen LogP contribution is -2.48. The highest BCUT2D eigenvalue weighted by molar-refractivity contribution is 5.00. The van der Waals surface area contributed by atoms with E-state index in [9.17, 15) is 4.39 Å². The van der Waals surface area contributed by atoms with Gasteiger partial charge in [-0.05, 0) is 33.6 Å². The van der Waals surface area contributed by atoms with Crippen LogP contribution in [0.5, 0.6) is 0 Å². The lowest BCUT2D eigenvalue weighted by Gasteiger charge is -2.35. The molecule has 0 N–H and O–H groups in total. The summed E-state index contributed by atoms with van der Waals surface area (Å²) in [6.45, 7) is 5.88. The third-order valence-electron chi connectivity index (χ3n) is 3.79. The van der Waals surface area contributed by atoms with Crippen LogP contribution in [0.15, 0.2) is 10.3 Å². The van der Waals surface area contributed by atoms with E-state index in [2.05, 4.69) is 24.2 Å². The van der Waals surface area contributed by atoms with Crippen molar-refractivity contribution in [3.63, 3.8) is 0 Å². The minimum atomic E-state index is -1.18. The Morgan fingerprint density at radius 2 is 2.06 bits per heavy atom. The van der Waals surface area contributed by atoms with E-state index in [1.807, 2.05) is 5.01 Å². The van der Waals surface area contributed by atoms with Gasteiger partial charge < -0.3 is 0 Å². The van der Waals surface area contributed by atoms with Gasteiger partial charge in [-0.2, -0.15) is 5.11 Å². The van der Waals surface area contributed by atoms with Gasteiger partial charge in [0.2, 0.25) is 0 Å². The molecule has 92 valence electrons. The van der Waals surface area contributed by atoms with Crippen LogP contribution in [0.4, 0.5) is 4.39 Å². The van der Waals surface area contributed by atoms with Crippen LogP contribution in [-0.2, 0) is 0 Å². The average molecular weight is 227 g/mol. The maximum atomic E-state index is 14.5. The molecule has 0 radical (unpaired) electrons. The van der Waals surface area contributed by atoms with Crippen LogP contribution in [0.3, 0.4) is 0 Å². The molecule has 1 saturated carbocycles. The molecule has 2 aliphatic rings. The van der Waals surface area contributed by atoms with Crippen molar-refractivity contribution in [1.29, 1.82) is 0 Å². The predicted molar refractivity (Wildman–Crippen MR) is 62.0 cm³/mol. The van der Waals surface area contributed by atoms with Crippen molar-refractivity contribution >= 4 is 0 Å². The summed E-state index contributed by atoms with van der Waals surface area (Å²) in [6, 6.07) is 0.236. The third kappa shape index (κ3) is 2.06. The fourth-order valence-electron chi connectivity index (χ4n) is 2.85. The molecule has 2 rings (SSSR count). The second-order valence-corrected chi connectivity index (χ2v) is 5.57. The Balaban J connectivity index is 2.18. The molecule has 0 saturated heterocycles. The number of halogens is 1. The van der Waals surface area contributed by atoms with E-state index in [1.165, 1.54) is 6.42 Å². The first-order valence-electron chi connectivity index (χ1n) is 6.40. The zero-order chi connectivity index (χ0) is 11.8. The van der Waals surface area contributed by atoms with Crippen molar-refractivity contribution in [2.75, 3.05) is 0 Å². The van der Waals surface area contributed by atoms with Gasteiger partial charge in [-0.3, -0.25) is 5.01 Å². The van der Waals surface area contributed by atoms with E-state index in [4.69, 9.17) is 0 Å². The quantitative estimate of drug-likeness (QED) is 0.673. The molecule has 0 bridgehead atoms. The topological polar surface area (TPSA) is 28.0 Å². The number of rotatable bonds is 1. The summed E-state index contributed by atoms with van der Waals surface area (Å²) in [7, 11) is 0. The van der Waals surface area contributed by atoms with Crippen molar-refractivity contribution in [3.05, 3.63) is 0 Å². The summed E-state index contributed by atoms with van der Waals surface area (Å²) < 4.78 is 14.5. The number of nitrogens with zero attached hydrogens (tertiary/aromatic N) is 3. The number of hydrogen-bond donors (Lipinski definition) is 0. The summed E-state index contributed by atoms with van der Waals surface area (Å²) in [6.07, 6.45) is 4.93. The molecule has 0 aromatic rings. The van der Waals surface area contributed by atoms with Crippen LogP contribution in [0.25, 0.3) is 0 Å². The number of hydrogen-bond acceptors (Lipinski definition) is 3. The Kier molecular flexibility index (Phi) is 3.17. The summed E-state index contributed by atoms with van der Waals surface area (Å²) in [5.41, 5.74) is -1.18. The number of alkyl halides is 1. The molecule has 1 aliphatic heterocycles. The molecular weight excluding hydrogens is 205 g/mol. The van der Waals surface area contributed by atoms with Gasteiger partial charge in [-0.25, -0.2) is 4.39 Å². The van der Waals surface area contributed by atoms with Crippen molar-refractivity contribution in [2.45, 2.75) is 76.7 Å². The Bertz CT molecular complexity index is 275. The average Bonchev–Trinajstić information content (AvgIpc) is 2.59. The Labute approximate surface area is 97.1 Å². The van der Waals surface area contributed by atoms with Crippen molar-refractivity contribution in [1.82, 2.24) is 5.01 Å². The van der Waals surface area contributed by atoms with E-state index in [1.54, 1.807) is 6.92 Å². The maximum absolute atomic E-state index is 14.5. The molecule has 0 amide bonds. The molecule has 16 heavy (non-hydrogen) atoms. The monoisotopic (exact) mass is 227 g/mol.